The first kappa shape index (κ1) is 12.4. The molecule has 2 N–H and O–H groups in total. The van der Waals surface area contributed by atoms with Gasteiger partial charge in [-0.15, -0.1) is 0 Å². The number of anilines is 2. The van der Waals surface area contributed by atoms with Crippen molar-refractivity contribution >= 4 is 45.1 Å². The van der Waals surface area contributed by atoms with Gasteiger partial charge in [-0.1, -0.05) is 52.9 Å². The second kappa shape index (κ2) is 4.78. The molecule has 4 heteroatoms. The number of nitrogens with one attached hydrogen (secondary N) is 2. The summed E-state index contributed by atoms with van der Waals surface area (Å²) in [6, 6.07) is 12.6. The van der Waals surface area contributed by atoms with Gasteiger partial charge in [0.1, 0.15) is 0 Å². The van der Waals surface area contributed by atoms with E-state index < -0.39 is 0 Å². The fourth-order valence-electron chi connectivity index (χ4n) is 2.56. The van der Waals surface area contributed by atoms with E-state index in [4.69, 9.17) is 0 Å². The molecule has 0 atom stereocenters. The van der Waals surface area contributed by atoms with Crippen molar-refractivity contribution in [2.24, 2.45) is 0 Å². The third-order valence-electron chi connectivity index (χ3n) is 3.44. The summed E-state index contributed by atoms with van der Waals surface area (Å²) in [6.45, 7) is 6.03. The Kier molecular flexibility index (Phi) is 3.11. The van der Waals surface area contributed by atoms with Crippen LogP contribution in [0.2, 0.25) is 0 Å². The first-order valence-corrected chi connectivity index (χ1v) is 7.06. The van der Waals surface area contributed by atoms with Gasteiger partial charge in [-0.05, 0) is 29.9 Å². The molecule has 1 aliphatic rings. The third kappa shape index (κ3) is 2.06. The van der Waals surface area contributed by atoms with Crippen LogP contribution in [0, 0.1) is 0 Å². The molecule has 2 nitrogen and oxygen atoms in total. The van der Waals surface area contributed by atoms with Gasteiger partial charge in [0, 0.05) is 21.2 Å². The van der Waals surface area contributed by atoms with Crippen LogP contribution >= 0.6 is 15.9 Å². The minimum Gasteiger partial charge on any atom is -0.405 e. The van der Waals surface area contributed by atoms with Gasteiger partial charge >= 0.3 is 6.98 Å². The van der Waals surface area contributed by atoms with E-state index in [0.717, 1.165) is 21.3 Å². The SMILES string of the molecule is C=C(Br)/C(=C\C)B1Nc2cccc3cccc(c23)N1. The molecule has 0 fully saturated rings. The van der Waals surface area contributed by atoms with Crippen LogP contribution in [0.5, 0.6) is 0 Å². The lowest BCUT2D eigenvalue weighted by Gasteiger charge is -2.28. The quantitative estimate of drug-likeness (QED) is 0.627. The average molecular weight is 313 g/mol. The molecule has 0 bridgehead atoms. The molecule has 2 aromatic rings. The zero-order valence-corrected chi connectivity index (χ0v) is 12.3. The molecule has 0 aromatic heterocycles. The van der Waals surface area contributed by atoms with Crippen molar-refractivity contribution < 1.29 is 0 Å². The van der Waals surface area contributed by atoms with Gasteiger partial charge < -0.3 is 10.5 Å². The Balaban J connectivity index is 2.11. The summed E-state index contributed by atoms with van der Waals surface area (Å²) in [7, 11) is 0. The van der Waals surface area contributed by atoms with Crippen molar-refractivity contribution in [1.82, 2.24) is 0 Å². The second-order valence-electron chi connectivity index (χ2n) is 4.58. The minimum absolute atomic E-state index is 0.0392. The molecule has 3 rings (SSSR count). The van der Waals surface area contributed by atoms with Crippen molar-refractivity contribution in [3.63, 3.8) is 0 Å². The summed E-state index contributed by atoms with van der Waals surface area (Å²) in [5, 5.41) is 9.54. The van der Waals surface area contributed by atoms with Crippen LogP contribution in [0.25, 0.3) is 10.8 Å². The van der Waals surface area contributed by atoms with Crippen molar-refractivity contribution in [2.45, 2.75) is 6.92 Å². The van der Waals surface area contributed by atoms with E-state index in [-0.39, 0.29) is 6.98 Å². The van der Waals surface area contributed by atoms with Gasteiger partial charge in [-0.3, -0.25) is 0 Å². The maximum Gasteiger partial charge on any atom is 0.406 e. The number of benzene rings is 2. The minimum atomic E-state index is 0.0392. The Labute approximate surface area is 121 Å². The van der Waals surface area contributed by atoms with E-state index in [0.29, 0.717) is 0 Å². The zero-order chi connectivity index (χ0) is 13.4. The first-order chi connectivity index (χ1) is 9.20. The molecule has 0 saturated heterocycles. The molecular weight excluding hydrogens is 299 g/mol. The lowest BCUT2D eigenvalue weighted by Crippen LogP contribution is -2.39. The Morgan fingerprint density at radius 2 is 1.74 bits per heavy atom. The Bertz CT molecular complexity index is 653. The fraction of sp³-hybridized carbons (Fsp3) is 0.0667. The molecule has 0 amide bonds. The van der Waals surface area contributed by atoms with Crippen molar-refractivity contribution in [3.05, 3.63) is 59.0 Å². The Morgan fingerprint density at radius 3 is 2.21 bits per heavy atom. The van der Waals surface area contributed by atoms with Gasteiger partial charge in [0.15, 0.2) is 0 Å². The summed E-state index contributed by atoms with van der Waals surface area (Å²) in [4.78, 5) is 0. The van der Waals surface area contributed by atoms with Gasteiger partial charge in [0.2, 0.25) is 0 Å². The summed E-state index contributed by atoms with van der Waals surface area (Å²) >= 11 is 3.47. The standard InChI is InChI=1S/C15H14BBrN2/c1-3-12(10(2)17)16-18-13-8-4-6-11-7-5-9-14(19-16)15(11)13/h3-9,18-19H,2H2,1H3/b12-3+. The normalized spacial score (nSPS) is 14.0. The van der Waals surface area contributed by atoms with Crippen LogP contribution in [-0.4, -0.2) is 6.98 Å². The Hall–Kier alpha value is -1.68. The highest BCUT2D eigenvalue weighted by molar-refractivity contribution is 9.12. The topological polar surface area (TPSA) is 24.1 Å². The number of hydrogen-bond acceptors (Lipinski definition) is 2. The van der Waals surface area contributed by atoms with Gasteiger partial charge in [0.25, 0.3) is 0 Å². The molecule has 2 aromatic carbocycles. The summed E-state index contributed by atoms with van der Waals surface area (Å²) in [6.07, 6.45) is 2.07. The number of rotatable bonds is 2. The average Bonchev–Trinajstić information content (AvgIpc) is 2.39. The fourth-order valence-corrected chi connectivity index (χ4v) is 3.02. The monoisotopic (exact) mass is 312 g/mol. The van der Waals surface area contributed by atoms with Crippen molar-refractivity contribution in [1.29, 1.82) is 0 Å². The molecular formula is C15H14BBrN2. The third-order valence-corrected chi connectivity index (χ3v) is 3.90. The molecule has 0 radical (unpaired) electrons. The number of allylic oxidation sites excluding steroid dienone is 3. The summed E-state index contributed by atoms with van der Waals surface area (Å²) in [5.74, 6) is 0. The van der Waals surface area contributed by atoms with Crippen molar-refractivity contribution in [3.8, 4) is 0 Å². The van der Waals surface area contributed by atoms with Crippen LogP contribution in [0.1, 0.15) is 6.92 Å². The highest BCUT2D eigenvalue weighted by Gasteiger charge is 2.27. The van der Waals surface area contributed by atoms with Crippen molar-refractivity contribution in [2.75, 3.05) is 10.5 Å². The lowest BCUT2D eigenvalue weighted by molar-refractivity contribution is 1.56. The predicted octanol–water partition coefficient (Wildman–Crippen LogP) is 4.56. The second-order valence-corrected chi connectivity index (χ2v) is 5.54. The van der Waals surface area contributed by atoms with E-state index in [1.807, 2.05) is 6.92 Å². The smallest absolute Gasteiger partial charge is 0.405 e. The maximum atomic E-state index is 3.97. The molecule has 0 aliphatic carbocycles. The lowest BCUT2D eigenvalue weighted by atomic mass is 9.65. The van der Waals surface area contributed by atoms with E-state index in [2.05, 4.69) is 75.4 Å². The highest BCUT2D eigenvalue weighted by atomic mass is 79.9. The van der Waals surface area contributed by atoms with Crippen LogP contribution in [0.3, 0.4) is 0 Å². The van der Waals surface area contributed by atoms with Crippen LogP contribution in [-0.2, 0) is 0 Å². The predicted molar refractivity (Wildman–Crippen MR) is 88.8 cm³/mol. The van der Waals surface area contributed by atoms with E-state index in [1.165, 1.54) is 10.8 Å². The molecule has 0 saturated carbocycles. The van der Waals surface area contributed by atoms with E-state index in [9.17, 15) is 0 Å². The largest absolute Gasteiger partial charge is 0.406 e. The molecule has 1 heterocycles. The van der Waals surface area contributed by atoms with Crippen LogP contribution in [0.15, 0.2) is 59.0 Å². The first-order valence-electron chi connectivity index (χ1n) is 6.26. The molecule has 0 spiro atoms. The van der Waals surface area contributed by atoms with Gasteiger partial charge in [0.05, 0.1) is 0 Å². The molecule has 0 unspecified atom stereocenters. The van der Waals surface area contributed by atoms with Crippen LogP contribution in [0.4, 0.5) is 11.4 Å². The maximum absolute atomic E-state index is 3.97. The van der Waals surface area contributed by atoms with E-state index >= 15 is 0 Å². The number of halogens is 1. The molecule has 19 heavy (non-hydrogen) atoms. The summed E-state index contributed by atoms with van der Waals surface area (Å²) in [5.41, 5.74) is 3.43. The summed E-state index contributed by atoms with van der Waals surface area (Å²) < 4.78 is 0.895. The van der Waals surface area contributed by atoms with Gasteiger partial charge in [-0.2, -0.15) is 0 Å². The Morgan fingerprint density at radius 1 is 1.16 bits per heavy atom. The van der Waals surface area contributed by atoms with Gasteiger partial charge in [-0.25, -0.2) is 0 Å². The van der Waals surface area contributed by atoms with Crippen LogP contribution < -0.4 is 10.5 Å². The highest BCUT2D eigenvalue weighted by Crippen LogP contribution is 2.35. The van der Waals surface area contributed by atoms with E-state index in [1.54, 1.807) is 0 Å². The zero-order valence-electron chi connectivity index (χ0n) is 10.7. The molecule has 94 valence electrons. The molecule has 1 aliphatic heterocycles. The number of hydrogen-bond donors (Lipinski definition) is 2.